The maximum atomic E-state index is 12.9. The third kappa shape index (κ3) is 6.35. The summed E-state index contributed by atoms with van der Waals surface area (Å²) in [5, 5.41) is 3.16. The van der Waals surface area contributed by atoms with E-state index < -0.39 is 5.63 Å². The van der Waals surface area contributed by atoms with Crippen molar-refractivity contribution in [2.24, 2.45) is 0 Å². The van der Waals surface area contributed by atoms with Crippen LogP contribution in [0.1, 0.15) is 6.92 Å². The molecule has 0 unspecified atom stereocenters. The Kier molecular flexibility index (Phi) is 8.53. The van der Waals surface area contributed by atoms with Gasteiger partial charge >= 0.3 is 5.63 Å². The maximum Gasteiger partial charge on any atom is 0.347 e. The third-order valence-corrected chi connectivity index (χ3v) is 6.13. The van der Waals surface area contributed by atoms with E-state index in [-0.39, 0.29) is 0 Å². The molecule has 6 rings (SSSR count). The molecule has 4 aromatic carbocycles. The average Bonchev–Trinajstić information content (AvgIpc) is 3.45. The molecule has 0 atom stereocenters. The molecule has 1 N–H and O–H groups in total. The zero-order chi connectivity index (χ0) is 28.4. The van der Waals surface area contributed by atoms with Crippen LogP contribution in [-0.2, 0) is 0 Å². The largest absolute Gasteiger partial charge is 0.422 e. The van der Waals surface area contributed by atoms with Gasteiger partial charge in [0, 0.05) is 28.5 Å². The van der Waals surface area contributed by atoms with E-state index in [1.807, 2.05) is 84.9 Å². The van der Waals surface area contributed by atoms with Crippen molar-refractivity contribution in [3.8, 4) is 46.2 Å². The first-order valence-corrected chi connectivity index (χ1v) is 13.1. The van der Waals surface area contributed by atoms with Gasteiger partial charge in [0.15, 0.2) is 0 Å². The summed E-state index contributed by atoms with van der Waals surface area (Å²) in [6.07, 6.45) is 0. The van der Waals surface area contributed by atoms with Gasteiger partial charge in [0.05, 0.1) is 11.0 Å². The Hall–Kier alpha value is -5.61. The second kappa shape index (κ2) is 13.0. The van der Waals surface area contributed by atoms with Gasteiger partial charge in [-0.3, -0.25) is 0 Å². The molecule has 2 heterocycles. The molecular weight excluding hydrogens is 526 g/mol. The molecule has 0 aliphatic heterocycles. The molecule has 0 saturated carbocycles. The molecule has 0 aliphatic rings. The number of para-hydroxylation sites is 4. The number of hydrogen-bond acceptors (Lipinski definition) is 5. The highest BCUT2D eigenvalue weighted by molar-refractivity contribution is 7.85. The summed E-state index contributed by atoms with van der Waals surface area (Å²) < 4.78 is 5.76. The molecular formula is C35H23N3O2S. The van der Waals surface area contributed by atoms with Crippen LogP contribution in [0.5, 0.6) is 0 Å². The van der Waals surface area contributed by atoms with Crippen LogP contribution in [0.3, 0.4) is 0 Å². The van der Waals surface area contributed by atoms with Gasteiger partial charge in [-0.15, -0.1) is 0 Å². The molecule has 196 valence electrons. The van der Waals surface area contributed by atoms with Gasteiger partial charge in [-0.05, 0) is 90.5 Å². The fourth-order valence-electron chi connectivity index (χ4n) is 4.24. The zero-order valence-corrected chi connectivity index (χ0v) is 22.9. The van der Waals surface area contributed by atoms with E-state index in [1.165, 1.54) is 0 Å². The van der Waals surface area contributed by atoms with Crippen molar-refractivity contribution in [3.05, 3.63) is 120 Å². The molecule has 6 heteroatoms. The smallest absolute Gasteiger partial charge is 0.347 e. The highest BCUT2D eigenvalue weighted by Gasteiger charge is 2.16. The van der Waals surface area contributed by atoms with Crippen molar-refractivity contribution < 1.29 is 4.42 Å². The fourth-order valence-corrected chi connectivity index (χ4v) is 4.29. The van der Waals surface area contributed by atoms with Crippen LogP contribution in [-0.4, -0.2) is 9.97 Å². The maximum absolute atomic E-state index is 12.9. The molecule has 2 aromatic heterocycles. The van der Waals surface area contributed by atoms with E-state index in [4.69, 9.17) is 4.42 Å². The number of hydrogen-bond donors (Lipinski definition) is 2. The molecule has 0 bridgehead atoms. The number of nitrogens with one attached hydrogen (secondary N) is 1. The second-order valence-electron chi connectivity index (χ2n) is 8.64. The number of H-pyrrole nitrogens is 1. The normalized spacial score (nSPS) is 9.71. The lowest BCUT2D eigenvalue weighted by Crippen LogP contribution is -2.10. The van der Waals surface area contributed by atoms with Crippen LogP contribution in [0.4, 0.5) is 17.1 Å². The molecule has 0 aliphatic carbocycles. The van der Waals surface area contributed by atoms with E-state index in [0.29, 0.717) is 17.0 Å². The van der Waals surface area contributed by atoms with Crippen molar-refractivity contribution in [1.82, 2.24) is 9.97 Å². The molecule has 0 radical (unpaired) electrons. The van der Waals surface area contributed by atoms with Crippen LogP contribution >= 0.6 is 12.6 Å². The Morgan fingerprint density at radius 2 is 1.41 bits per heavy atom. The van der Waals surface area contributed by atoms with Crippen molar-refractivity contribution in [3.63, 3.8) is 0 Å². The Balaban J connectivity index is 0.000000372. The van der Waals surface area contributed by atoms with Gasteiger partial charge in [0.2, 0.25) is 0 Å². The molecule has 41 heavy (non-hydrogen) atoms. The molecule has 0 amide bonds. The minimum Gasteiger partial charge on any atom is -0.422 e. The van der Waals surface area contributed by atoms with Gasteiger partial charge in [0.1, 0.15) is 17.0 Å². The first-order valence-electron chi connectivity index (χ1n) is 12.7. The Bertz CT molecular complexity index is 1970. The lowest BCUT2D eigenvalue weighted by Gasteiger charge is -2.25. The Morgan fingerprint density at radius 3 is 2.07 bits per heavy atom. The highest BCUT2D eigenvalue weighted by atomic mass is 32.1. The van der Waals surface area contributed by atoms with E-state index in [9.17, 15) is 4.79 Å². The number of imidazole rings is 1. The van der Waals surface area contributed by atoms with E-state index in [2.05, 4.69) is 86.6 Å². The fraction of sp³-hybridized carbons (Fsp3) is 0.0286. The molecule has 6 aromatic rings. The van der Waals surface area contributed by atoms with Crippen molar-refractivity contribution >= 4 is 51.7 Å². The van der Waals surface area contributed by atoms with Gasteiger partial charge in [-0.25, -0.2) is 9.78 Å². The number of thiol groups is 1. The standard InChI is InChI=1S/C28H19N3O2.C7H4S/c32-28-23(27-29-24-13-7-8-14-25(24)30-27)17-19-15-16-22(18-26(19)33-28)31(20-9-3-1-4-10-20)21-11-5-2-6-12-21;1-2-3-4-5-6-7-8/h1-18H,(H,29,30);8H,1H3. The number of anilines is 3. The minimum absolute atomic E-state index is 0.412. The molecule has 0 fully saturated rings. The first-order chi connectivity index (χ1) is 20.2. The third-order valence-electron chi connectivity index (χ3n) is 6.02. The van der Waals surface area contributed by atoms with Crippen LogP contribution in [0.25, 0.3) is 33.4 Å². The zero-order valence-electron chi connectivity index (χ0n) is 22.1. The van der Waals surface area contributed by atoms with Gasteiger partial charge in [-0.2, -0.15) is 0 Å². The topological polar surface area (TPSA) is 62.1 Å². The number of nitrogens with zero attached hydrogens (tertiary/aromatic N) is 2. The molecule has 0 saturated heterocycles. The number of rotatable bonds is 4. The number of benzene rings is 4. The quantitative estimate of drug-likeness (QED) is 0.134. The number of aromatic nitrogens is 2. The van der Waals surface area contributed by atoms with Crippen molar-refractivity contribution in [2.45, 2.75) is 6.92 Å². The predicted molar refractivity (Wildman–Crippen MR) is 170 cm³/mol. The van der Waals surface area contributed by atoms with Crippen LogP contribution in [0.2, 0.25) is 0 Å². The first kappa shape index (κ1) is 27.0. The van der Waals surface area contributed by atoms with E-state index >= 15 is 0 Å². The molecule has 0 spiro atoms. The van der Waals surface area contributed by atoms with Crippen molar-refractivity contribution in [2.75, 3.05) is 4.90 Å². The summed E-state index contributed by atoms with van der Waals surface area (Å²) in [5.74, 6) is 13.1. The van der Waals surface area contributed by atoms with Gasteiger partial charge in [-0.1, -0.05) is 67.1 Å². The van der Waals surface area contributed by atoms with E-state index in [1.54, 1.807) is 6.92 Å². The van der Waals surface area contributed by atoms with E-state index in [0.717, 1.165) is 33.5 Å². The average molecular weight is 550 g/mol. The highest BCUT2D eigenvalue weighted by Crippen LogP contribution is 2.35. The summed E-state index contributed by atoms with van der Waals surface area (Å²) in [6.45, 7) is 1.73. The summed E-state index contributed by atoms with van der Waals surface area (Å²) in [7, 11) is 0. The number of fused-ring (bicyclic) bond motifs is 2. The Morgan fingerprint density at radius 1 is 0.756 bits per heavy atom. The lowest BCUT2D eigenvalue weighted by atomic mass is 10.1. The lowest BCUT2D eigenvalue weighted by molar-refractivity contribution is 0.563. The van der Waals surface area contributed by atoms with Crippen LogP contribution < -0.4 is 10.5 Å². The van der Waals surface area contributed by atoms with Crippen molar-refractivity contribution in [1.29, 1.82) is 0 Å². The summed E-state index contributed by atoms with van der Waals surface area (Å²) in [5.41, 5.74) is 5.13. The summed E-state index contributed by atoms with van der Waals surface area (Å²) in [4.78, 5) is 22.8. The predicted octanol–water partition coefficient (Wildman–Crippen LogP) is 7.71. The summed E-state index contributed by atoms with van der Waals surface area (Å²) in [6, 6.07) is 35.7. The summed E-state index contributed by atoms with van der Waals surface area (Å²) >= 11 is 3.61. The van der Waals surface area contributed by atoms with Gasteiger partial charge < -0.3 is 14.3 Å². The SMILES string of the molecule is CC#CC#CC#CS.O=c1oc2cc(N(c3ccccc3)c3ccccc3)ccc2cc1-c1nc2ccccc2[nH]1. The van der Waals surface area contributed by atoms with Gasteiger partial charge in [0.25, 0.3) is 0 Å². The van der Waals surface area contributed by atoms with Crippen LogP contribution in [0.15, 0.2) is 118 Å². The minimum atomic E-state index is -0.426. The monoisotopic (exact) mass is 549 g/mol. The number of aromatic amines is 1. The molecule has 5 nitrogen and oxygen atoms in total. The van der Waals surface area contributed by atoms with Crippen LogP contribution in [0, 0.1) is 34.9 Å². The Labute approximate surface area is 243 Å². The second-order valence-corrected chi connectivity index (χ2v) is 8.86.